The van der Waals surface area contributed by atoms with E-state index in [0.29, 0.717) is 13.1 Å². The number of ether oxygens (including phenoxy) is 1. The van der Waals surface area contributed by atoms with Crippen molar-refractivity contribution in [2.24, 2.45) is 0 Å². The Labute approximate surface area is 163 Å². The van der Waals surface area contributed by atoms with Crippen molar-refractivity contribution in [1.82, 2.24) is 15.6 Å². The molecular formula is C21H23N3O2S. The molecular weight excluding hydrogens is 358 g/mol. The van der Waals surface area contributed by atoms with Crippen LogP contribution < -0.4 is 15.4 Å². The predicted octanol–water partition coefficient (Wildman–Crippen LogP) is 4.17. The van der Waals surface area contributed by atoms with Gasteiger partial charge in [-0.15, -0.1) is 11.3 Å². The van der Waals surface area contributed by atoms with Gasteiger partial charge in [0.25, 0.3) is 0 Å². The summed E-state index contributed by atoms with van der Waals surface area (Å²) >= 11 is 1.61. The van der Waals surface area contributed by atoms with Crippen LogP contribution in [0.5, 0.6) is 5.75 Å². The largest absolute Gasteiger partial charge is 0.497 e. The monoisotopic (exact) mass is 381 g/mol. The second-order valence-corrected chi connectivity index (χ2v) is 7.18. The van der Waals surface area contributed by atoms with Crippen molar-refractivity contribution in [3.8, 4) is 16.3 Å². The van der Waals surface area contributed by atoms with Gasteiger partial charge in [-0.2, -0.15) is 0 Å². The van der Waals surface area contributed by atoms with Gasteiger partial charge in [0.1, 0.15) is 10.8 Å². The molecule has 2 N–H and O–H groups in total. The first-order chi connectivity index (χ1) is 13.2. The topological polar surface area (TPSA) is 63.2 Å². The summed E-state index contributed by atoms with van der Waals surface area (Å²) in [5.74, 6) is 0.833. The first kappa shape index (κ1) is 18.9. The molecule has 0 saturated heterocycles. The average Bonchev–Trinajstić information content (AvgIpc) is 3.08. The molecule has 1 heterocycles. The SMILES string of the molecule is COc1ccc(CCNC(=O)NCc2sc(-c3ccccc3)nc2C)cc1. The fraction of sp³-hybridized carbons (Fsp3) is 0.238. The van der Waals surface area contributed by atoms with Gasteiger partial charge in [-0.25, -0.2) is 9.78 Å². The van der Waals surface area contributed by atoms with Crippen molar-refractivity contribution in [2.45, 2.75) is 19.9 Å². The Morgan fingerprint density at radius 2 is 1.81 bits per heavy atom. The van der Waals surface area contributed by atoms with E-state index in [4.69, 9.17) is 4.74 Å². The first-order valence-electron chi connectivity index (χ1n) is 8.82. The van der Waals surface area contributed by atoms with Crippen LogP contribution in [-0.4, -0.2) is 24.7 Å². The highest BCUT2D eigenvalue weighted by molar-refractivity contribution is 7.15. The van der Waals surface area contributed by atoms with Crippen LogP contribution in [0.3, 0.4) is 0 Å². The van der Waals surface area contributed by atoms with Crippen molar-refractivity contribution < 1.29 is 9.53 Å². The zero-order valence-electron chi connectivity index (χ0n) is 15.5. The molecule has 3 rings (SSSR count). The average molecular weight is 382 g/mol. The van der Waals surface area contributed by atoms with E-state index in [1.54, 1.807) is 18.4 Å². The van der Waals surface area contributed by atoms with E-state index in [9.17, 15) is 4.79 Å². The molecule has 2 aromatic carbocycles. The van der Waals surface area contributed by atoms with Gasteiger partial charge in [0.2, 0.25) is 0 Å². The number of thiazole rings is 1. The number of hydrogen-bond acceptors (Lipinski definition) is 4. The molecule has 140 valence electrons. The summed E-state index contributed by atoms with van der Waals surface area (Å²) in [6, 6.07) is 17.8. The molecule has 0 unspecified atom stereocenters. The molecule has 27 heavy (non-hydrogen) atoms. The number of carbonyl (C=O) groups is 1. The number of nitrogens with one attached hydrogen (secondary N) is 2. The summed E-state index contributed by atoms with van der Waals surface area (Å²) < 4.78 is 5.14. The highest BCUT2D eigenvalue weighted by Crippen LogP contribution is 2.27. The van der Waals surface area contributed by atoms with Crippen LogP contribution >= 0.6 is 11.3 Å². The van der Waals surface area contributed by atoms with Crippen LogP contribution in [0.4, 0.5) is 4.79 Å². The minimum absolute atomic E-state index is 0.169. The molecule has 1 aromatic heterocycles. The van der Waals surface area contributed by atoms with Crippen LogP contribution in [0.2, 0.25) is 0 Å². The quantitative estimate of drug-likeness (QED) is 0.646. The Bertz CT molecular complexity index is 876. The van der Waals surface area contributed by atoms with E-state index in [2.05, 4.69) is 15.6 Å². The van der Waals surface area contributed by atoms with Crippen molar-refractivity contribution in [1.29, 1.82) is 0 Å². The Morgan fingerprint density at radius 3 is 2.52 bits per heavy atom. The number of hydrogen-bond donors (Lipinski definition) is 2. The maximum absolute atomic E-state index is 12.0. The predicted molar refractivity (Wildman–Crippen MR) is 109 cm³/mol. The molecule has 0 fully saturated rings. The molecule has 0 aliphatic carbocycles. The van der Waals surface area contributed by atoms with Crippen LogP contribution in [0.15, 0.2) is 54.6 Å². The number of methoxy groups -OCH3 is 1. The van der Waals surface area contributed by atoms with Crippen molar-refractivity contribution in [3.63, 3.8) is 0 Å². The summed E-state index contributed by atoms with van der Waals surface area (Å²) in [5, 5.41) is 6.78. The van der Waals surface area contributed by atoms with Gasteiger partial charge < -0.3 is 15.4 Å². The number of rotatable bonds is 7. The Morgan fingerprint density at radius 1 is 1.07 bits per heavy atom. The number of amides is 2. The van der Waals surface area contributed by atoms with Gasteiger partial charge in [-0.3, -0.25) is 0 Å². The summed E-state index contributed by atoms with van der Waals surface area (Å²) in [6.45, 7) is 3.03. The molecule has 0 saturated carbocycles. The lowest BCUT2D eigenvalue weighted by molar-refractivity contribution is 0.240. The minimum Gasteiger partial charge on any atom is -0.497 e. The third-order valence-corrected chi connectivity index (χ3v) is 5.39. The summed E-state index contributed by atoms with van der Waals surface area (Å²) in [7, 11) is 1.65. The molecule has 5 nitrogen and oxygen atoms in total. The van der Waals surface area contributed by atoms with Crippen molar-refractivity contribution in [3.05, 3.63) is 70.7 Å². The van der Waals surface area contributed by atoms with E-state index in [0.717, 1.165) is 38.9 Å². The fourth-order valence-corrected chi connectivity index (χ4v) is 3.64. The standard InChI is InChI=1S/C21H23N3O2S/c1-15-19(27-20(24-15)17-6-4-3-5-7-17)14-23-21(25)22-13-12-16-8-10-18(26-2)11-9-16/h3-11H,12-14H2,1-2H3,(H2,22,23,25). The molecule has 0 atom stereocenters. The van der Waals surface area contributed by atoms with Gasteiger partial charge in [0, 0.05) is 17.0 Å². The Hall–Kier alpha value is -2.86. The lowest BCUT2D eigenvalue weighted by Gasteiger charge is -2.07. The highest BCUT2D eigenvalue weighted by Gasteiger charge is 2.10. The Kier molecular flexibility index (Phi) is 6.44. The normalized spacial score (nSPS) is 10.4. The van der Waals surface area contributed by atoms with Gasteiger partial charge >= 0.3 is 6.03 Å². The molecule has 6 heteroatoms. The second-order valence-electron chi connectivity index (χ2n) is 6.10. The van der Waals surface area contributed by atoms with Gasteiger partial charge in [-0.05, 0) is 31.0 Å². The molecule has 3 aromatic rings. The van der Waals surface area contributed by atoms with Gasteiger partial charge in [0.15, 0.2) is 0 Å². The molecule has 0 spiro atoms. The van der Waals surface area contributed by atoms with E-state index in [1.165, 1.54) is 0 Å². The molecule has 0 radical (unpaired) electrons. The third kappa shape index (κ3) is 5.31. The number of aryl methyl sites for hydroxylation is 1. The molecule has 0 aliphatic heterocycles. The maximum atomic E-state index is 12.0. The number of urea groups is 1. The first-order valence-corrected chi connectivity index (χ1v) is 9.63. The number of aromatic nitrogens is 1. The molecule has 0 bridgehead atoms. The van der Waals surface area contributed by atoms with E-state index in [1.807, 2.05) is 61.5 Å². The summed E-state index contributed by atoms with van der Waals surface area (Å²) in [4.78, 5) is 17.7. The lowest BCUT2D eigenvalue weighted by Crippen LogP contribution is -2.36. The van der Waals surface area contributed by atoms with Crippen LogP contribution in [0.1, 0.15) is 16.1 Å². The zero-order valence-corrected chi connectivity index (χ0v) is 16.3. The maximum Gasteiger partial charge on any atom is 0.315 e. The van der Waals surface area contributed by atoms with E-state index < -0.39 is 0 Å². The van der Waals surface area contributed by atoms with Crippen LogP contribution in [0.25, 0.3) is 10.6 Å². The Balaban J connectivity index is 1.45. The third-order valence-electron chi connectivity index (χ3n) is 4.18. The van der Waals surface area contributed by atoms with Crippen molar-refractivity contribution in [2.75, 3.05) is 13.7 Å². The number of nitrogens with zero attached hydrogens (tertiary/aromatic N) is 1. The van der Waals surface area contributed by atoms with E-state index in [-0.39, 0.29) is 6.03 Å². The van der Waals surface area contributed by atoms with Gasteiger partial charge in [-0.1, -0.05) is 42.5 Å². The van der Waals surface area contributed by atoms with Crippen molar-refractivity contribution >= 4 is 17.4 Å². The summed E-state index contributed by atoms with van der Waals surface area (Å²) in [6.07, 6.45) is 0.773. The molecule has 0 aliphatic rings. The fourth-order valence-electron chi connectivity index (χ4n) is 2.63. The van der Waals surface area contributed by atoms with Crippen LogP contribution in [0, 0.1) is 6.92 Å². The van der Waals surface area contributed by atoms with Gasteiger partial charge in [0.05, 0.1) is 19.3 Å². The summed E-state index contributed by atoms with van der Waals surface area (Å²) in [5.41, 5.74) is 3.21. The smallest absolute Gasteiger partial charge is 0.315 e. The van der Waals surface area contributed by atoms with E-state index >= 15 is 0 Å². The zero-order chi connectivity index (χ0) is 19.1. The number of benzene rings is 2. The lowest BCUT2D eigenvalue weighted by atomic mass is 10.1. The minimum atomic E-state index is -0.169. The molecule has 2 amide bonds. The van der Waals surface area contributed by atoms with Crippen LogP contribution in [-0.2, 0) is 13.0 Å². The number of carbonyl (C=O) groups excluding carboxylic acids is 1. The highest BCUT2D eigenvalue weighted by atomic mass is 32.1. The second kappa shape index (κ2) is 9.19.